The van der Waals surface area contributed by atoms with Crippen LogP contribution in [0.1, 0.15) is 28.8 Å². The number of nitrogen functional groups attached to an aromatic ring is 1. The van der Waals surface area contributed by atoms with Crippen LogP contribution in [0.15, 0.2) is 12.1 Å². The molecule has 0 aromatic heterocycles. The van der Waals surface area contributed by atoms with Crippen molar-refractivity contribution in [1.82, 2.24) is 4.90 Å². The molecule has 21 heavy (non-hydrogen) atoms. The van der Waals surface area contributed by atoms with Crippen LogP contribution in [0.2, 0.25) is 0 Å². The SMILES string of the molecule is COC(=O)c1cc(N2CCCC(N(C)C)C2)cc(C)c1N. The fourth-order valence-electron chi connectivity index (χ4n) is 2.85. The van der Waals surface area contributed by atoms with E-state index in [4.69, 9.17) is 10.5 Å². The summed E-state index contributed by atoms with van der Waals surface area (Å²) in [6, 6.07) is 4.45. The topological polar surface area (TPSA) is 58.8 Å². The first-order valence-corrected chi connectivity index (χ1v) is 7.34. The highest BCUT2D eigenvalue weighted by atomic mass is 16.5. The second-order valence-electron chi connectivity index (χ2n) is 5.92. The lowest BCUT2D eigenvalue weighted by molar-refractivity contribution is 0.0602. The van der Waals surface area contributed by atoms with Crippen LogP contribution in [0.5, 0.6) is 0 Å². The molecule has 116 valence electrons. The molecule has 1 unspecified atom stereocenters. The summed E-state index contributed by atoms with van der Waals surface area (Å²) in [7, 11) is 5.61. The van der Waals surface area contributed by atoms with Crippen molar-refractivity contribution in [3.05, 3.63) is 23.3 Å². The summed E-state index contributed by atoms with van der Waals surface area (Å²) in [5.41, 5.74) is 8.94. The number of hydrogen-bond donors (Lipinski definition) is 1. The molecule has 1 heterocycles. The molecule has 2 N–H and O–H groups in total. The summed E-state index contributed by atoms with van der Waals surface area (Å²) in [4.78, 5) is 16.5. The number of carbonyl (C=O) groups is 1. The molecule has 1 aromatic rings. The molecule has 0 bridgehead atoms. The fraction of sp³-hybridized carbons (Fsp3) is 0.562. The molecule has 1 fully saturated rings. The second kappa shape index (κ2) is 6.35. The minimum absolute atomic E-state index is 0.376. The van der Waals surface area contributed by atoms with E-state index in [0.29, 0.717) is 17.3 Å². The number of carbonyl (C=O) groups excluding carboxylic acids is 1. The van der Waals surface area contributed by atoms with Crippen LogP contribution in [0.4, 0.5) is 11.4 Å². The van der Waals surface area contributed by atoms with Gasteiger partial charge in [-0.05, 0) is 51.6 Å². The summed E-state index contributed by atoms with van der Waals surface area (Å²) in [5, 5.41) is 0. The van der Waals surface area contributed by atoms with Crippen molar-refractivity contribution in [2.24, 2.45) is 0 Å². The van der Waals surface area contributed by atoms with Gasteiger partial charge in [-0.3, -0.25) is 0 Å². The molecule has 5 nitrogen and oxygen atoms in total. The Morgan fingerprint density at radius 2 is 2.14 bits per heavy atom. The van der Waals surface area contributed by atoms with Gasteiger partial charge in [0.05, 0.1) is 12.7 Å². The lowest BCUT2D eigenvalue weighted by Crippen LogP contribution is -2.45. The molecule has 0 radical (unpaired) electrons. The van der Waals surface area contributed by atoms with E-state index in [1.165, 1.54) is 13.5 Å². The van der Waals surface area contributed by atoms with Crippen LogP contribution in [-0.4, -0.2) is 51.2 Å². The zero-order valence-corrected chi connectivity index (χ0v) is 13.3. The molecule has 1 aliphatic rings. The average molecular weight is 291 g/mol. The van der Waals surface area contributed by atoms with Gasteiger partial charge in [0.2, 0.25) is 0 Å². The van der Waals surface area contributed by atoms with E-state index >= 15 is 0 Å². The fourth-order valence-corrected chi connectivity index (χ4v) is 2.85. The van der Waals surface area contributed by atoms with Crippen LogP contribution in [0.25, 0.3) is 0 Å². The van der Waals surface area contributed by atoms with Gasteiger partial charge in [-0.15, -0.1) is 0 Å². The van der Waals surface area contributed by atoms with Crippen LogP contribution in [-0.2, 0) is 4.74 Å². The minimum Gasteiger partial charge on any atom is -0.465 e. The van der Waals surface area contributed by atoms with E-state index in [1.807, 2.05) is 13.0 Å². The van der Waals surface area contributed by atoms with Crippen molar-refractivity contribution in [2.75, 3.05) is 44.9 Å². The number of rotatable bonds is 3. The van der Waals surface area contributed by atoms with Crippen molar-refractivity contribution in [3.63, 3.8) is 0 Å². The number of esters is 1. The average Bonchev–Trinajstić information content (AvgIpc) is 2.49. The molecular weight excluding hydrogens is 266 g/mol. The Labute approximate surface area is 126 Å². The van der Waals surface area contributed by atoms with Crippen LogP contribution in [0, 0.1) is 6.92 Å². The number of nitrogens with two attached hydrogens (primary N) is 1. The summed E-state index contributed by atoms with van der Waals surface area (Å²) < 4.78 is 4.83. The van der Waals surface area contributed by atoms with Gasteiger partial charge >= 0.3 is 5.97 Å². The number of nitrogens with zero attached hydrogens (tertiary/aromatic N) is 2. The van der Waals surface area contributed by atoms with Crippen LogP contribution < -0.4 is 10.6 Å². The standard InChI is InChI=1S/C16H25N3O2/c1-11-8-13(9-14(15(11)17)16(20)21-4)19-7-5-6-12(10-19)18(2)3/h8-9,12H,5-7,10,17H2,1-4H3. The summed E-state index contributed by atoms with van der Waals surface area (Å²) in [5.74, 6) is -0.376. The number of anilines is 2. The van der Waals surface area contributed by atoms with Crippen molar-refractivity contribution in [3.8, 4) is 0 Å². The largest absolute Gasteiger partial charge is 0.465 e. The quantitative estimate of drug-likeness (QED) is 0.681. The minimum atomic E-state index is -0.376. The van der Waals surface area contributed by atoms with Crippen molar-refractivity contribution in [1.29, 1.82) is 0 Å². The van der Waals surface area contributed by atoms with Gasteiger partial charge in [0.1, 0.15) is 0 Å². The van der Waals surface area contributed by atoms with E-state index in [9.17, 15) is 4.79 Å². The number of hydrogen-bond acceptors (Lipinski definition) is 5. The Kier molecular flexibility index (Phi) is 4.73. The molecule has 1 aromatic carbocycles. The summed E-state index contributed by atoms with van der Waals surface area (Å²) >= 11 is 0. The number of ether oxygens (including phenoxy) is 1. The summed E-state index contributed by atoms with van der Waals surface area (Å²) in [6.45, 7) is 3.91. The predicted molar refractivity (Wildman–Crippen MR) is 85.9 cm³/mol. The number of aryl methyl sites for hydroxylation is 1. The first-order chi connectivity index (χ1) is 9.93. The maximum Gasteiger partial charge on any atom is 0.340 e. The second-order valence-corrected chi connectivity index (χ2v) is 5.92. The first kappa shape index (κ1) is 15.6. The van der Waals surface area contributed by atoms with Gasteiger partial charge in [-0.25, -0.2) is 4.79 Å². The highest BCUT2D eigenvalue weighted by Gasteiger charge is 2.23. The third-order valence-corrected chi connectivity index (χ3v) is 4.27. The maximum absolute atomic E-state index is 11.9. The molecule has 0 saturated carbocycles. The lowest BCUT2D eigenvalue weighted by atomic mass is 10.0. The maximum atomic E-state index is 11.9. The van der Waals surface area contributed by atoms with Crippen molar-refractivity contribution >= 4 is 17.3 Å². The van der Waals surface area contributed by atoms with E-state index in [1.54, 1.807) is 0 Å². The zero-order chi connectivity index (χ0) is 15.6. The Balaban J connectivity index is 2.31. The van der Waals surface area contributed by atoms with Crippen molar-refractivity contribution < 1.29 is 9.53 Å². The highest BCUT2D eigenvalue weighted by molar-refractivity contribution is 5.97. The molecule has 2 rings (SSSR count). The number of methoxy groups -OCH3 is 1. The molecule has 1 atom stereocenters. The number of benzene rings is 1. The summed E-state index contributed by atoms with van der Waals surface area (Å²) in [6.07, 6.45) is 2.36. The van der Waals surface area contributed by atoms with E-state index < -0.39 is 0 Å². The van der Waals surface area contributed by atoms with Crippen LogP contribution in [0.3, 0.4) is 0 Å². The molecule has 5 heteroatoms. The first-order valence-electron chi connectivity index (χ1n) is 7.34. The Morgan fingerprint density at radius 3 is 2.76 bits per heavy atom. The van der Waals surface area contributed by atoms with E-state index in [0.717, 1.165) is 30.8 Å². The normalized spacial score (nSPS) is 18.9. The highest BCUT2D eigenvalue weighted by Crippen LogP contribution is 2.28. The molecular formula is C16H25N3O2. The van der Waals surface area contributed by atoms with Gasteiger partial charge in [-0.2, -0.15) is 0 Å². The van der Waals surface area contributed by atoms with Gasteiger partial charge in [0.15, 0.2) is 0 Å². The zero-order valence-electron chi connectivity index (χ0n) is 13.3. The predicted octanol–water partition coefficient (Wildman–Crippen LogP) is 1.89. The van der Waals surface area contributed by atoms with Crippen LogP contribution >= 0.6 is 0 Å². The van der Waals surface area contributed by atoms with Crippen molar-refractivity contribution in [2.45, 2.75) is 25.8 Å². The van der Waals surface area contributed by atoms with Gasteiger partial charge in [-0.1, -0.05) is 0 Å². The third kappa shape index (κ3) is 3.29. The Morgan fingerprint density at radius 1 is 1.43 bits per heavy atom. The van der Waals surface area contributed by atoms with Gasteiger partial charge in [0, 0.05) is 30.5 Å². The molecule has 0 amide bonds. The molecule has 1 aliphatic heterocycles. The van der Waals surface area contributed by atoms with Gasteiger partial charge < -0.3 is 20.3 Å². The third-order valence-electron chi connectivity index (χ3n) is 4.27. The Hall–Kier alpha value is -1.75. The number of piperidine rings is 1. The van der Waals surface area contributed by atoms with E-state index in [2.05, 4.69) is 30.0 Å². The number of likely N-dealkylation sites (N-methyl/N-ethyl adjacent to an activating group) is 1. The molecule has 0 spiro atoms. The van der Waals surface area contributed by atoms with Gasteiger partial charge in [0.25, 0.3) is 0 Å². The smallest absolute Gasteiger partial charge is 0.340 e. The molecule has 1 saturated heterocycles. The monoisotopic (exact) mass is 291 g/mol. The molecule has 0 aliphatic carbocycles. The van der Waals surface area contributed by atoms with E-state index in [-0.39, 0.29) is 5.97 Å². The Bertz CT molecular complexity index is 528. The lowest BCUT2D eigenvalue weighted by Gasteiger charge is -2.37.